The lowest BCUT2D eigenvalue weighted by Gasteiger charge is -2.17. The molecule has 0 bridgehead atoms. The summed E-state index contributed by atoms with van der Waals surface area (Å²) in [7, 11) is 0. The number of carbonyl (C=O) groups excluding carboxylic acids is 1. The predicted octanol–water partition coefficient (Wildman–Crippen LogP) is 0.0420. The lowest BCUT2D eigenvalue weighted by Crippen LogP contribution is -2.36. The maximum Gasteiger partial charge on any atom is 0.354 e. The van der Waals surface area contributed by atoms with E-state index in [1.807, 2.05) is 0 Å². The zero-order valence-corrected chi connectivity index (χ0v) is 6.69. The minimum atomic E-state index is -0.899. The van der Waals surface area contributed by atoms with Gasteiger partial charge in [0.25, 0.3) is 0 Å². The summed E-state index contributed by atoms with van der Waals surface area (Å²) >= 11 is 0. The molecule has 0 aliphatic heterocycles. The largest absolute Gasteiger partial charge is 0.371 e. The lowest BCUT2D eigenvalue weighted by molar-refractivity contribution is -0.150. The molecule has 1 rings (SSSR count). The SMILES string of the molecule is NN=NC1(C(=O)ON)CCCC1. The van der Waals surface area contributed by atoms with Crippen LogP contribution >= 0.6 is 0 Å². The Kier molecular flexibility index (Phi) is 2.59. The highest BCUT2D eigenvalue weighted by atomic mass is 16.7. The third-order valence-electron chi connectivity index (χ3n) is 2.17. The smallest absolute Gasteiger partial charge is 0.354 e. The van der Waals surface area contributed by atoms with E-state index in [1.54, 1.807) is 0 Å². The highest BCUT2D eigenvalue weighted by Gasteiger charge is 2.43. The Bertz CT molecular complexity index is 198. The Balaban J connectivity index is 2.78. The van der Waals surface area contributed by atoms with Gasteiger partial charge in [0.2, 0.25) is 0 Å². The van der Waals surface area contributed by atoms with E-state index in [-0.39, 0.29) is 0 Å². The second kappa shape index (κ2) is 3.48. The zero-order chi connectivity index (χ0) is 9.03. The highest BCUT2D eigenvalue weighted by molar-refractivity contribution is 5.81. The molecule has 1 aliphatic carbocycles. The highest BCUT2D eigenvalue weighted by Crippen LogP contribution is 2.34. The third-order valence-corrected chi connectivity index (χ3v) is 2.17. The van der Waals surface area contributed by atoms with Crippen LogP contribution in [0.1, 0.15) is 25.7 Å². The van der Waals surface area contributed by atoms with Crippen molar-refractivity contribution in [1.29, 1.82) is 0 Å². The Morgan fingerprint density at radius 1 is 1.42 bits per heavy atom. The number of hydrogen-bond acceptors (Lipinski definition) is 5. The lowest BCUT2D eigenvalue weighted by atomic mass is 10.00. The third kappa shape index (κ3) is 1.38. The van der Waals surface area contributed by atoms with Gasteiger partial charge in [-0.15, -0.1) is 0 Å². The van der Waals surface area contributed by atoms with Crippen molar-refractivity contribution in [3.05, 3.63) is 0 Å². The fourth-order valence-corrected chi connectivity index (χ4v) is 1.53. The van der Waals surface area contributed by atoms with Crippen LogP contribution < -0.4 is 11.7 Å². The summed E-state index contributed by atoms with van der Waals surface area (Å²) in [5.74, 6) is 9.12. The van der Waals surface area contributed by atoms with Gasteiger partial charge in [-0.1, -0.05) is 18.1 Å². The van der Waals surface area contributed by atoms with Crippen molar-refractivity contribution < 1.29 is 9.63 Å². The fourth-order valence-electron chi connectivity index (χ4n) is 1.53. The van der Waals surface area contributed by atoms with E-state index in [4.69, 9.17) is 11.7 Å². The molecule has 6 nitrogen and oxygen atoms in total. The van der Waals surface area contributed by atoms with Crippen LogP contribution in [-0.4, -0.2) is 11.5 Å². The van der Waals surface area contributed by atoms with Crippen LogP contribution in [0.2, 0.25) is 0 Å². The maximum absolute atomic E-state index is 11.2. The van der Waals surface area contributed by atoms with Crippen molar-refractivity contribution in [1.82, 2.24) is 0 Å². The summed E-state index contributed by atoms with van der Waals surface area (Å²) in [5, 5.41) is 6.80. The molecule has 0 unspecified atom stereocenters. The molecule has 0 amide bonds. The first-order valence-corrected chi connectivity index (χ1v) is 3.78. The summed E-state index contributed by atoms with van der Waals surface area (Å²) in [5.41, 5.74) is -0.899. The van der Waals surface area contributed by atoms with Crippen LogP contribution in [0.15, 0.2) is 10.3 Å². The molecule has 68 valence electrons. The second-order valence-corrected chi connectivity index (χ2v) is 2.86. The van der Waals surface area contributed by atoms with E-state index in [0.29, 0.717) is 12.8 Å². The molecule has 0 aromatic rings. The number of nitrogens with two attached hydrogens (primary N) is 2. The van der Waals surface area contributed by atoms with Crippen molar-refractivity contribution in [2.24, 2.45) is 22.1 Å². The van der Waals surface area contributed by atoms with Crippen molar-refractivity contribution in [2.75, 3.05) is 0 Å². The average molecular weight is 172 g/mol. The summed E-state index contributed by atoms with van der Waals surface area (Å²) in [6, 6.07) is 0. The predicted molar refractivity (Wildman–Crippen MR) is 40.5 cm³/mol. The quantitative estimate of drug-likeness (QED) is 0.348. The van der Waals surface area contributed by atoms with Crippen LogP contribution in [0.25, 0.3) is 0 Å². The average Bonchev–Trinajstić information content (AvgIpc) is 2.53. The monoisotopic (exact) mass is 172 g/mol. The molecule has 4 N–H and O–H groups in total. The molecule has 0 saturated heterocycles. The van der Waals surface area contributed by atoms with Crippen molar-refractivity contribution in [2.45, 2.75) is 31.2 Å². The van der Waals surface area contributed by atoms with Gasteiger partial charge >= 0.3 is 5.97 Å². The number of carbonyl (C=O) groups is 1. The van der Waals surface area contributed by atoms with Gasteiger partial charge < -0.3 is 10.7 Å². The molecule has 0 aromatic heterocycles. The Hall–Kier alpha value is -1.17. The Morgan fingerprint density at radius 2 is 2.00 bits per heavy atom. The molecular weight excluding hydrogens is 160 g/mol. The van der Waals surface area contributed by atoms with Gasteiger partial charge in [-0.3, -0.25) is 0 Å². The van der Waals surface area contributed by atoms with Crippen LogP contribution in [0.5, 0.6) is 0 Å². The van der Waals surface area contributed by atoms with Crippen molar-refractivity contribution in [3.8, 4) is 0 Å². The summed E-state index contributed by atoms with van der Waals surface area (Å²) in [6.45, 7) is 0. The van der Waals surface area contributed by atoms with Gasteiger partial charge in [-0.2, -0.15) is 11.0 Å². The molecule has 0 radical (unpaired) electrons. The van der Waals surface area contributed by atoms with Gasteiger partial charge in [-0.05, 0) is 12.8 Å². The van der Waals surface area contributed by atoms with Crippen LogP contribution in [0.4, 0.5) is 0 Å². The molecule has 0 spiro atoms. The minimum Gasteiger partial charge on any atom is -0.371 e. The summed E-state index contributed by atoms with van der Waals surface area (Å²) in [6.07, 6.45) is 3.08. The van der Waals surface area contributed by atoms with E-state index in [1.165, 1.54) is 0 Å². The molecule has 0 atom stereocenters. The number of nitrogens with zero attached hydrogens (tertiary/aromatic N) is 2. The molecule has 0 heterocycles. The van der Waals surface area contributed by atoms with Gasteiger partial charge in [0.1, 0.15) is 0 Å². The van der Waals surface area contributed by atoms with Crippen molar-refractivity contribution >= 4 is 5.97 Å². The standard InChI is InChI=1S/C6H12N4O2/c7-10-9-6(5(11)12-8)3-1-2-4-6/h1-4,8H2,(H2,7,9). The fraction of sp³-hybridized carbons (Fsp3) is 0.833. The molecular formula is C6H12N4O2. The van der Waals surface area contributed by atoms with E-state index < -0.39 is 11.5 Å². The van der Waals surface area contributed by atoms with Crippen molar-refractivity contribution in [3.63, 3.8) is 0 Å². The van der Waals surface area contributed by atoms with E-state index in [0.717, 1.165) is 12.8 Å². The molecule has 0 aromatic carbocycles. The number of rotatable bonds is 2. The normalized spacial score (nSPS) is 21.4. The Labute approximate surface area is 69.9 Å². The molecule has 1 aliphatic rings. The van der Waals surface area contributed by atoms with Crippen LogP contribution in [-0.2, 0) is 9.63 Å². The second-order valence-electron chi connectivity index (χ2n) is 2.86. The molecule has 1 fully saturated rings. The molecule has 12 heavy (non-hydrogen) atoms. The first-order chi connectivity index (χ1) is 5.75. The first-order valence-electron chi connectivity index (χ1n) is 3.78. The van der Waals surface area contributed by atoms with Gasteiger partial charge in [0.15, 0.2) is 5.54 Å². The summed E-state index contributed by atoms with van der Waals surface area (Å²) < 4.78 is 0. The minimum absolute atomic E-state index is 0.547. The topological polar surface area (TPSA) is 103 Å². The number of hydrogen-bond donors (Lipinski definition) is 2. The van der Waals surface area contributed by atoms with Gasteiger partial charge in [0.05, 0.1) is 0 Å². The van der Waals surface area contributed by atoms with Gasteiger partial charge in [-0.25, -0.2) is 4.79 Å². The molecule has 1 saturated carbocycles. The van der Waals surface area contributed by atoms with E-state index >= 15 is 0 Å². The van der Waals surface area contributed by atoms with Crippen LogP contribution in [0.3, 0.4) is 0 Å². The zero-order valence-electron chi connectivity index (χ0n) is 6.69. The summed E-state index contributed by atoms with van der Waals surface area (Å²) in [4.78, 5) is 15.3. The van der Waals surface area contributed by atoms with E-state index in [2.05, 4.69) is 15.2 Å². The van der Waals surface area contributed by atoms with Gasteiger partial charge in [0, 0.05) is 0 Å². The van der Waals surface area contributed by atoms with E-state index in [9.17, 15) is 4.79 Å². The maximum atomic E-state index is 11.2. The van der Waals surface area contributed by atoms with Crippen LogP contribution in [0, 0.1) is 0 Å². The molecule has 6 heteroatoms. The first kappa shape index (κ1) is 8.92. The Morgan fingerprint density at radius 3 is 2.42 bits per heavy atom.